The minimum Gasteiger partial charge on any atom is -0.340 e. The molecule has 2 saturated heterocycles. The molecule has 1 aromatic carbocycles. The summed E-state index contributed by atoms with van der Waals surface area (Å²) in [6.45, 7) is 3.90. The summed E-state index contributed by atoms with van der Waals surface area (Å²) in [5, 5.41) is 4.11. The molecule has 3 aliphatic rings. The maximum Gasteiger partial charge on any atom is 0.243 e. The largest absolute Gasteiger partial charge is 0.340 e. The zero-order chi connectivity index (χ0) is 20.2. The Bertz CT molecular complexity index is 1020. The van der Waals surface area contributed by atoms with Crippen LogP contribution in [0.2, 0.25) is 0 Å². The zero-order valence-corrected chi connectivity index (χ0v) is 17.9. The Hall–Kier alpha value is -1.77. The number of rotatable bonds is 3. The molecule has 0 amide bonds. The Morgan fingerprint density at radius 2 is 1.93 bits per heavy atom. The number of hydrogen-bond donors (Lipinski definition) is 0. The third-order valence-corrected chi connectivity index (χ3v) is 8.97. The lowest BCUT2D eigenvalue weighted by Gasteiger charge is -2.38. The lowest BCUT2D eigenvalue weighted by molar-refractivity contribution is 0.161. The van der Waals surface area contributed by atoms with Crippen LogP contribution in [0.3, 0.4) is 0 Å². The Morgan fingerprint density at radius 3 is 2.66 bits per heavy atom. The summed E-state index contributed by atoms with van der Waals surface area (Å²) in [6, 6.07) is 5.85. The van der Waals surface area contributed by atoms with Gasteiger partial charge in [-0.05, 0) is 74.2 Å². The molecule has 2 aromatic rings. The van der Waals surface area contributed by atoms with Gasteiger partial charge in [0, 0.05) is 26.6 Å². The summed E-state index contributed by atoms with van der Waals surface area (Å²) in [5.74, 6) is 1.33. The molecule has 5 rings (SSSR count). The fourth-order valence-corrected chi connectivity index (χ4v) is 6.92. The van der Waals surface area contributed by atoms with E-state index in [0.29, 0.717) is 23.9 Å². The maximum atomic E-state index is 13.2. The fraction of sp³-hybridized carbons (Fsp3) is 0.619. The molecule has 0 bridgehead atoms. The van der Waals surface area contributed by atoms with E-state index in [2.05, 4.69) is 22.1 Å². The molecule has 2 fully saturated rings. The fourth-order valence-electron chi connectivity index (χ4n) is 5.43. The van der Waals surface area contributed by atoms with E-state index < -0.39 is 10.0 Å². The number of likely N-dealkylation sites (tertiary alicyclic amines) is 1. The third kappa shape index (κ3) is 3.31. The molecule has 0 radical (unpaired) electrons. The van der Waals surface area contributed by atoms with Crippen molar-refractivity contribution in [3.63, 3.8) is 0 Å². The summed E-state index contributed by atoms with van der Waals surface area (Å²) >= 11 is 0. The van der Waals surface area contributed by atoms with Gasteiger partial charge in [0.15, 0.2) is 5.82 Å². The van der Waals surface area contributed by atoms with Crippen molar-refractivity contribution in [2.24, 2.45) is 5.41 Å². The normalized spacial score (nSPS) is 25.0. The highest BCUT2D eigenvalue weighted by Gasteiger charge is 2.47. The van der Waals surface area contributed by atoms with E-state index in [4.69, 9.17) is 4.52 Å². The highest BCUT2D eigenvalue weighted by atomic mass is 32.2. The van der Waals surface area contributed by atoms with Crippen LogP contribution in [0.25, 0.3) is 0 Å². The standard InChI is InChI=1S/C21H28N4O3S/c1-15-22-20(23-28-15)19-13-21(14-24(19)2)8-10-25(11-9-21)29(26,27)18-7-6-16-4-3-5-17(16)12-18/h6-7,12,19H,3-5,8-11,13-14H2,1-2H3. The zero-order valence-electron chi connectivity index (χ0n) is 17.1. The Balaban J connectivity index is 1.30. The number of benzene rings is 1. The Kier molecular flexibility index (Phi) is 4.56. The van der Waals surface area contributed by atoms with Gasteiger partial charge < -0.3 is 4.52 Å². The van der Waals surface area contributed by atoms with Gasteiger partial charge in [0.05, 0.1) is 10.9 Å². The minimum absolute atomic E-state index is 0.123. The molecular formula is C21H28N4O3S. The van der Waals surface area contributed by atoms with Gasteiger partial charge in [-0.2, -0.15) is 9.29 Å². The lowest BCUT2D eigenvalue weighted by atomic mass is 9.77. The molecule has 0 saturated carbocycles. The number of fused-ring (bicyclic) bond motifs is 1. The van der Waals surface area contributed by atoms with Crippen LogP contribution in [0, 0.1) is 12.3 Å². The Morgan fingerprint density at radius 1 is 1.17 bits per heavy atom. The van der Waals surface area contributed by atoms with Crippen LogP contribution in [-0.4, -0.2) is 54.4 Å². The van der Waals surface area contributed by atoms with Gasteiger partial charge in [-0.3, -0.25) is 4.90 Å². The predicted octanol–water partition coefficient (Wildman–Crippen LogP) is 2.71. The highest BCUT2D eigenvalue weighted by molar-refractivity contribution is 7.89. The molecule has 7 nitrogen and oxygen atoms in total. The van der Waals surface area contributed by atoms with Crippen molar-refractivity contribution in [1.82, 2.24) is 19.3 Å². The molecule has 0 N–H and O–H groups in total. The van der Waals surface area contributed by atoms with Crippen LogP contribution in [0.4, 0.5) is 0 Å². The number of hydrogen-bond acceptors (Lipinski definition) is 6. The molecule has 1 atom stereocenters. The van der Waals surface area contributed by atoms with E-state index >= 15 is 0 Å². The summed E-state index contributed by atoms with van der Waals surface area (Å²) < 4.78 is 33.3. The number of nitrogens with zero attached hydrogens (tertiary/aromatic N) is 4. The molecule has 1 spiro atoms. The maximum absolute atomic E-state index is 13.2. The third-order valence-electron chi connectivity index (χ3n) is 7.08. The molecule has 1 aromatic heterocycles. The van der Waals surface area contributed by atoms with Gasteiger partial charge in [-0.25, -0.2) is 8.42 Å². The van der Waals surface area contributed by atoms with Crippen molar-refractivity contribution >= 4 is 10.0 Å². The monoisotopic (exact) mass is 416 g/mol. The number of sulfonamides is 1. The average Bonchev–Trinajstić information content (AvgIpc) is 3.40. The average molecular weight is 417 g/mol. The van der Waals surface area contributed by atoms with Gasteiger partial charge in [0.1, 0.15) is 0 Å². The number of aryl methyl sites for hydroxylation is 3. The topological polar surface area (TPSA) is 79.5 Å². The molecule has 1 unspecified atom stereocenters. The SMILES string of the molecule is Cc1nc(C2CC3(CCN(S(=O)(=O)c4ccc5c(c4)CCC5)CC3)CN2C)no1. The minimum atomic E-state index is -3.43. The molecular weight excluding hydrogens is 388 g/mol. The first-order chi connectivity index (χ1) is 13.9. The van der Waals surface area contributed by atoms with Crippen molar-refractivity contribution in [1.29, 1.82) is 0 Å². The summed E-state index contributed by atoms with van der Waals surface area (Å²) in [5.41, 5.74) is 2.63. The molecule has 3 heterocycles. The first-order valence-electron chi connectivity index (χ1n) is 10.5. The highest BCUT2D eigenvalue weighted by Crippen LogP contribution is 2.48. The van der Waals surface area contributed by atoms with Gasteiger partial charge in [-0.1, -0.05) is 11.2 Å². The smallest absolute Gasteiger partial charge is 0.243 e. The summed E-state index contributed by atoms with van der Waals surface area (Å²) in [7, 11) is -1.33. The van der Waals surface area contributed by atoms with Crippen LogP contribution >= 0.6 is 0 Å². The molecule has 8 heteroatoms. The van der Waals surface area contributed by atoms with Gasteiger partial charge in [0.25, 0.3) is 0 Å². The number of aromatic nitrogens is 2. The van der Waals surface area contributed by atoms with E-state index in [-0.39, 0.29) is 11.5 Å². The first-order valence-corrected chi connectivity index (χ1v) is 11.9. The second-order valence-corrected chi connectivity index (χ2v) is 10.9. The quantitative estimate of drug-likeness (QED) is 0.765. The molecule has 1 aliphatic carbocycles. The van der Waals surface area contributed by atoms with Crippen molar-refractivity contribution in [3.05, 3.63) is 41.0 Å². The van der Waals surface area contributed by atoms with Gasteiger partial charge >= 0.3 is 0 Å². The van der Waals surface area contributed by atoms with Crippen LogP contribution in [0.15, 0.2) is 27.6 Å². The second kappa shape index (κ2) is 6.89. The second-order valence-electron chi connectivity index (χ2n) is 8.99. The summed E-state index contributed by atoms with van der Waals surface area (Å²) in [6.07, 6.45) is 5.88. The lowest BCUT2D eigenvalue weighted by Crippen LogP contribution is -2.44. The van der Waals surface area contributed by atoms with E-state index in [1.807, 2.05) is 19.1 Å². The first kappa shape index (κ1) is 19.2. The predicted molar refractivity (Wildman–Crippen MR) is 108 cm³/mol. The number of piperidine rings is 1. The van der Waals surface area contributed by atoms with E-state index in [1.165, 1.54) is 11.1 Å². The van der Waals surface area contributed by atoms with Gasteiger partial charge in [-0.15, -0.1) is 0 Å². The van der Waals surface area contributed by atoms with Crippen LogP contribution < -0.4 is 0 Å². The van der Waals surface area contributed by atoms with Crippen molar-refractivity contribution in [2.45, 2.75) is 56.4 Å². The van der Waals surface area contributed by atoms with Gasteiger partial charge in [0.2, 0.25) is 15.9 Å². The van der Waals surface area contributed by atoms with E-state index in [0.717, 1.165) is 50.9 Å². The molecule has 156 valence electrons. The summed E-state index contributed by atoms with van der Waals surface area (Å²) in [4.78, 5) is 7.16. The van der Waals surface area contributed by atoms with Crippen molar-refractivity contribution < 1.29 is 12.9 Å². The van der Waals surface area contributed by atoms with Crippen LogP contribution in [-0.2, 0) is 22.9 Å². The molecule has 29 heavy (non-hydrogen) atoms. The van der Waals surface area contributed by atoms with Crippen LogP contribution in [0.5, 0.6) is 0 Å². The van der Waals surface area contributed by atoms with Crippen molar-refractivity contribution in [3.8, 4) is 0 Å². The Labute approximate surface area is 172 Å². The van der Waals surface area contributed by atoms with Crippen LogP contribution in [0.1, 0.15) is 54.6 Å². The van der Waals surface area contributed by atoms with E-state index in [9.17, 15) is 8.42 Å². The van der Waals surface area contributed by atoms with E-state index in [1.54, 1.807) is 10.4 Å². The molecule has 2 aliphatic heterocycles. The van der Waals surface area contributed by atoms with Crippen molar-refractivity contribution in [2.75, 3.05) is 26.7 Å².